The van der Waals surface area contributed by atoms with Gasteiger partial charge in [-0.2, -0.15) is 0 Å². The molecular formula is C7H13N5S. The normalized spacial score (nSPS) is 9.69. The first kappa shape index (κ1) is 9.94. The van der Waals surface area contributed by atoms with E-state index in [0.717, 1.165) is 18.8 Å². The molecule has 72 valence electrons. The van der Waals surface area contributed by atoms with Crippen molar-refractivity contribution in [1.82, 2.24) is 20.3 Å². The zero-order valence-corrected chi connectivity index (χ0v) is 8.27. The van der Waals surface area contributed by atoms with Crippen LogP contribution in [0.2, 0.25) is 0 Å². The van der Waals surface area contributed by atoms with Crippen LogP contribution in [0.5, 0.6) is 0 Å². The highest BCUT2D eigenvalue weighted by Gasteiger charge is 1.98. The predicted molar refractivity (Wildman–Crippen MR) is 54.8 cm³/mol. The second-order valence-electron chi connectivity index (χ2n) is 2.60. The van der Waals surface area contributed by atoms with Crippen LogP contribution in [0.3, 0.4) is 0 Å². The van der Waals surface area contributed by atoms with Gasteiger partial charge in [-0.3, -0.25) is 0 Å². The van der Waals surface area contributed by atoms with Crippen LogP contribution in [0.25, 0.3) is 0 Å². The summed E-state index contributed by atoms with van der Waals surface area (Å²) in [5, 5.41) is 3.39. The molecule has 0 bridgehead atoms. The first-order chi connectivity index (χ1) is 6.24. The molecule has 0 aliphatic heterocycles. The molecular weight excluding hydrogens is 186 g/mol. The molecule has 0 unspecified atom stereocenters. The molecule has 1 heterocycles. The van der Waals surface area contributed by atoms with Gasteiger partial charge in [-0.1, -0.05) is 0 Å². The molecule has 0 aliphatic carbocycles. The molecule has 0 aromatic carbocycles. The maximum Gasteiger partial charge on any atom is 0.180 e. The largest absolute Gasteiger partial charge is 0.361 e. The first-order valence-corrected chi connectivity index (χ1v) is 4.35. The van der Waals surface area contributed by atoms with Gasteiger partial charge in [-0.05, 0) is 12.2 Å². The van der Waals surface area contributed by atoms with E-state index < -0.39 is 0 Å². The number of aryl methyl sites for hydroxylation is 1. The zero-order chi connectivity index (χ0) is 9.68. The summed E-state index contributed by atoms with van der Waals surface area (Å²) < 4.78 is 1.97. The van der Waals surface area contributed by atoms with Crippen LogP contribution >= 0.6 is 12.2 Å². The van der Waals surface area contributed by atoms with Crippen LogP contribution in [0.15, 0.2) is 12.4 Å². The van der Waals surface area contributed by atoms with Crippen LogP contribution in [0.1, 0.15) is 5.82 Å². The molecule has 0 radical (unpaired) electrons. The third-order valence-electron chi connectivity index (χ3n) is 1.69. The van der Waals surface area contributed by atoms with Gasteiger partial charge in [0.1, 0.15) is 5.82 Å². The fourth-order valence-electron chi connectivity index (χ4n) is 0.976. The SMILES string of the molecule is Cn1ccnc1CCNC(=S)NN. The van der Waals surface area contributed by atoms with Gasteiger partial charge in [-0.25, -0.2) is 10.8 Å². The third-order valence-corrected chi connectivity index (χ3v) is 1.95. The number of imidazole rings is 1. The third kappa shape index (κ3) is 3.00. The lowest BCUT2D eigenvalue weighted by Crippen LogP contribution is -2.40. The van der Waals surface area contributed by atoms with Crippen LogP contribution in [-0.4, -0.2) is 21.2 Å². The lowest BCUT2D eigenvalue weighted by atomic mass is 10.4. The molecule has 1 rings (SSSR count). The van der Waals surface area contributed by atoms with E-state index in [0.29, 0.717) is 5.11 Å². The average Bonchev–Trinajstić information content (AvgIpc) is 2.52. The summed E-state index contributed by atoms with van der Waals surface area (Å²) in [7, 11) is 1.96. The molecule has 0 amide bonds. The Morgan fingerprint density at radius 3 is 3.08 bits per heavy atom. The second-order valence-corrected chi connectivity index (χ2v) is 3.01. The van der Waals surface area contributed by atoms with E-state index in [2.05, 4.69) is 15.7 Å². The van der Waals surface area contributed by atoms with E-state index >= 15 is 0 Å². The van der Waals surface area contributed by atoms with Crippen molar-refractivity contribution in [3.05, 3.63) is 18.2 Å². The highest BCUT2D eigenvalue weighted by atomic mass is 32.1. The molecule has 0 fully saturated rings. The Balaban J connectivity index is 2.28. The molecule has 4 N–H and O–H groups in total. The number of hydrogen-bond acceptors (Lipinski definition) is 3. The van der Waals surface area contributed by atoms with E-state index in [1.807, 2.05) is 17.8 Å². The van der Waals surface area contributed by atoms with E-state index in [1.54, 1.807) is 6.20 Å². The van der Waals surface area contributed by atoms with Crippen LogP contribution in [-0.2, 0) is 13.5 Å². The van der Waals surface area contributed by atoms with Gasteiger partial charge in [-0.15, -0.1) is 0 Å². The summed E-state index contributed by atoms with van der Waals surface area (Å²) in [6.07, 6.45) is 4.51. The van der Waals surface area contributed by atoms with E-state index in [4.69, 9.17) is 18.1 Å². The summed E-state index contributed by atoms with van der Waals surface area (Å²) in [6, 6.07) is 0. The van der Waals surface area contributed by atoms with Gasteiger partial charge < -0.3 is 15.3 Å². The second kappa shape index (κ2) is 4.78. The molecule has 0 saturated heterocycles. The molecule has 0 saturated carbocycles. The number of aromatic nitrogens is 2. The van der Waals surface area contributed by atoms with Crippen LogP contribution in [0.4, 0.5) is 0 Å². The highest BCUT2D eigenvalue weighted by Crippen LogP contribution is 1.93. The molecule has 1 aromatic rings. The smallest absolute Gasteiger partial charge is 0.180 e. The summed E-state index contributed by atoms with van der Waals surface area (Å²) in [6.45, 7) is 0.730. The van der Waals surface area contributed by atoms with Crippen LogP contribution in [0, 0.1) is 0 Å². The number of hydrogen-bond donors (Lipinski definition) is 3. The minimum atomic E-state index is 0.453. The molecule has 13 heavy (non-hydrogen) atoms. The Hall–Kier alpha value is -1.14. The average molecular weight is 199 g/mol. The van der Waals surface area contributed by atoms with Crippen molar-refractivity contribution in [3.8, 4) is 0 Å². The van der Waals surface area contributed by atoms with E-state index in [9.17, 15) is 0 Å². The number of nitrogens with zero attached hydrogens (tertiary/aromatic N) is 2. The van der Waals surface area contributed by atoms with Gasteiger partial charge >= 0.3 is 0 Å². The number of rotatable bonds is 3. The fourth-order valence-corrected chi connectivity index (χ4v) is 1.08. The minimum absolute atomic E-state index is 0.453. The minimum Gasteiger partial charge on any atom is -0.361 e. The summed E-state index contributed by atoms with van der Waals surface area (Å²) in [5.41, 5.74) is 2.35. The topological polar surface area (TPSA) is 67.9 Å². The molecule has 0 spiro atoms. The number of thiocarbonyl (C=S) groups is 1. The Morgan fingerprint density at radius 2 is 2.54 bits per heavy atom. The van der Waals surface area contributed by atoms with Gasteiger partial charge in [0.15, 0.2) is 5.11 Å². The van der Waals surface area contributed by atoms with Crippen molar-refractivity contribution in [2.24, 2.45) is 12.9 Å². The molecule has 0 atom stereocenters. The molecule has 1 aromatic heterocycles. The fraction of sp³-hybridized carbons (Fsp3) is 0.429. The highest BCUT2D eigenvalue weighted by molar-refractivity contribution is 7.80. The van der Waals surface area contributed by atoms with E-state index in [1.165, 1.54) is 0 Å². The summed E-state index contributed by atoms with van der Waals surface area (Å²) in [4.78, 5) is 4.17. The number of nitrogens with one attached hydrogen (secondary N) is 2. The van der Waals surface area contributed by atoms with Gasteiger partial charge in [0.05, 0.1) is 0 Å². The van der Waals surface area contributed by atoms with Crippen molar-refractivity contribution in [1.29, 1.82) is 0 Å². The molecule has 5 nitrogen and oxygen atoms in total. The summed E-state index contributed by atoms with van der Waals surface area (Å²) in [5.74, 6) is 6.11. The Kier molecular flexibility index (Phi) is 3.66. The number of nitrogens with two attached hydrogens (primary N) is 1. The quantitative estimate of drug-likeness (QED) is 0.341. The standard InChI is InChI=1S/C7H13N5S/c1-12-5-4-9-6(12)2-3-10-7(13)11-8/h4-5H,2-3,8H2,1H3,(H2,10,11,13). The predicted octanol–water partition coefficient (Wildman–Crippen LogP) is -0.700. The van der Waals surface area contributed by atoms with Gasteiger partial charge in [0.25, 0.3) is 0 Å². The summed E-state index contributed by atoms with van der Waals surface area (Å²) >= 11 is 4.81. The van der Waals surface area contributed by atoms with Crippen molar-refractivity contribution >= 4 is 17.3 Å². The van der Waals surface area contributed by atoms with Crippen LogP contribution < -0.4 is 16.6 Å². The zero-order valence-electron chi connectivity index (χ0n) is 7.45. The lowest BCUT2D eigenvalue weighted by Gasteiger charge is -2.06. The van der Waals surface area contributed by atoms with Crippen molar-refractivity contribution in [3.63, 3.8) is 0 Å². The van der Waals surface area contributed by atoms with E-state index in [-0.39, 0.29) is 0 Å². The lowest BCUT2D eigenvalue weighted by molar-refractivity contribution is 0.742. The van der Waals surface area contributed by atoms with Gasteiger partial charge in [0, 0.05) is 32.4 Å². The van der Waals surface area contributed by atoms with Crippen molar-refractivity contribution in [2.75, 3.05) is 6.54 Å². The van der Waals surface area contributed by atoms with Crippen molar-refractivity contribution in [2.45, 2.75) is 6.42 Å². The Labute approximate surface area is 82.3 Å². The maximum absolute atomic E-state index is 5.09. The van der Waals surface area contributed by atoms with Crippen molar-refractivity contribution < 1.29 is 0 Å². The molecule has 0 aliphatic rings. The Morgan fingerprint density at radius 1 is 1.77 bits per heavy atom. The first-order valence-electron chi connectivity index (χ1n) is 3.94. The number of hydrazine groups is 1. The maximum atomic E-state index is 5.09. The monoisotopic (exact) mass is 199 g/mol. The van der Waals surface area contributed by atoms with Gasteiger partial charge in [0.2, 0.25) is 0 Å². The molecule has 6 heteroatoms. The Bertz CT molecular complexity index is 282.